The van der Waals surface area contributed by atoms with E-state index in [-0.39, 0.29) is 0 Å². The monoisotopic (exact) mass is 264 g/mol. The third-order valence-corrected chi connectivity index (χ3v) is 5.43. The van der Waals surface area contributed by atoms with Crippen molar-refractivity contribution < 1.29 is 4.57 Å². The Labute approximate surface area is 107 Å². The topological polar surface area (TPSA) is 17.1 Å². The zero-order valence-electron chi connectivity index (χ0n) is 9.64. The van der Waals surface area contributed by atoms with Gasteiger partial charge < -0.3 is 4.57 Å². The van der Waals surface area contributed by atoms with Gasteiger partial charge in [0.1, 0.15) is 0 Å². The summed E-state index contributed by atoms with van der Waals surface area (Å²) in [5.41, 5.74) is 2.20. The summed E-state index contributed by atoms with van der Waals surface area (Å²) in [4.78, 5) is 0. The fourth-order valence-corrected chi connectivity index (χ4v) is 3.90. The molecule has 0 N–H and O–H groups in total. The molecule has 0 aliphatic carbocycles. The molecule has 2 aromatic rings. The summed E-state index contributed by atoms with van der Waals surface area (Å²) in [6.45, 7) is -0.781. The first-order valence-electron chi connectivity index (χ1n) is 5.48. The van der Waals surface area contributed by atoms with Gasteiger partial charge in [0.15, 0.2) is 0 Å². The van der Waals surface area contributed by atoms with Gasteiger partial charge in [-0.05, 0) is 23.7 Å². The Balaban J connectivity index is 2.23. The number of benzene rings is 2. The molecular weight excluding hydrogens is 251 g/mol. The second-order valence-corrected chi connectivity index (χ2v) is 7.90. The first-order valence-corrected chi connectivity index (χ1v) is 8.27. The van der Waals surface area contributed by atoms with E-state index in [0.717, 1.165) is 10.9 Å². The van der Waals surface area contributed by atoms with Crippen molar-refractivity contribution in [3.05, 3.63) is 65.7 Å². The molecule has 0 radical (unpaired) electrons. The number of hydrogen-bond donors (Lipinski definition) is 0. The highest BCUT2D eigenvalue weighted by Gasteiger charge is 2.21. The lowest BCUT2D eigenvalue weighted by Gasteiger charge is -2.11. The number of rotatable bonds is 3. The van der Waals surface area contributed by atoms with Crippen LogP contribution >= 0.6 is 17.7 Å². The van der Waals surface area contributed by atoms with Gasteiger partial charge in [0.05, 0.1) is 0 Å². The highest BCUT2D eigenvalue weighted by molar-refractivity contribution is 7.94. The second kappa shape index (κ2) is 5.08. The van der Waals surface area contributed by atoms with Crippen LogP contribution in [0.15, 0.2) is 54.6 Å². The number of halogens is 1. The molecular formula is C14H14ClOP. The Morgan fingerprint density at radius 2 is 1.59 bits per heavy atom. The summed E-state index contributed by atoms with van der Waals surface area (Å²) in [5.74, 6) is 0. The average molecular weight is 265 g/mol. The summed E-state index contributed by atoms with van der Waals surface area (Å²) in [7, 11) is 0. The van der Waals surface area contributed by atoms with Gasteiger partial charge in [-0.25, -0.2) is 0 Å². The van der Waals surface area contributed by atoms with Crippen LogP contribution in [0.4, 0.5) is 0 Å². The lowest BCUT2D eigenvalue weighted by atomic mass is 10.2. The van der Waals surface area contributed by atoms with Gasteiger partial charge in [-0.2, -0.15) is 0 Å². The Morgan fingerprint density at radius 1 is 1.00 bits per heavy atom. The fraction of sp³-hybridized carbons (Fsp3) is 0.143. The van der Waals surface area contributed by atoms with Crippen molar-refractivity contribution in [1.82, 2.24) is 0 Å². The number of hydrogen-bond acceptors (Lipinski definition) is 1. The molecule has 0 saturated heterocycles. The summed E-state index contributed by atoms with van der Waals surface area (Å²) in [5, 5.41) is 0.724. The third-order valence-electron chi connectivity index (χ3n) is 2.65. The summed E-state index contributed by atoms with van der Waals surface area (Å²) in [6.07, 6.45) is 0.402. The standard InChI is InChI=1S/C14H14ClOP/c1-12-7-9-13(10-8-12)11-17(15,16)14-5-3-2-4-6-14/h2-10H,11H2,1H3. The van der Waals surface area contributed by atoms with Gasteiger partial charge in [0, 0.05) is 11.5 Å². The van der Waals surface area contributed by atoms with Crippen molar-refractivity contribution in [1.29, 1.82) is 0 Å². The molecule has 2 aromatic carbocycles. The Morgan fingerprint density at radius 3 is 2.18 bits per heavy atom. The van der Waals surface area contributed by atoms with Crippen molar-refractivity contribution in [3.8, 4) is 0 Å². The van der Waals surface area contributed by atoms with Crippen molar-refractivity contribution in [2.45, 2.75) is 13.1 Å². The Kier molecular flexibility index (Phi) is 3.71. The Bertz CT molecular complexity index is 534. The van der Waals surface area contributed by atoms with E-state index in [1.54, 1.807) is 0 Å². The largest absolute Gasteiger partial charge is 0.301 e. The molecule has 17 heavy (non-hydrogen) atoms. The van der Waals surface area contributed by atoms with Crippen LogP contribution in [-0.2, 0) is 10.7 Å². The van der Waals surface area contributed by atoms with Gasteiger partial charge >= 0.3 is 0 Å². The average Bonchev–Trinajstić information content (AvgIpc) is 2.33. The minimum Gasteiger partial charge on any atom is -0.301 e. The lowest BCUT2D eigenvalue weighted by Crippen LogP contribution is -2.01. The van der Waals surface area contributed by atoms with E-state index in [9.17, 15) is 4.57 Å². The quantitative estimate of drug-likeness (QED) is 0.754. The maximum absolute atomic E-state index is 12.4. The molecule has 0 heterocycles. The summed E-state index contributed by atoms with van der Waals surface area (Å²) in [6, 6.07) is 17.2. The van der Waals surface area contributed by atoms with E-state index >= 15 is 0 Å². The van der Waals surface area contributed by atoms with E-state index < -0.39 is 6.49 Å². The van der Waals surface area contributed by atoms with Crippen molar-refractivity contribution in [2.24, 2.45) is 0 Å². The molecule has 3 heteroatoms. The molecule has 1 unspecified atom stereocenters. The maximum Gasteiger partial charge on any atom is 0.201 e. The van der Waals surface area contributed by atoms with E-state index in [2.05, 4.69) is 0 Å². The van der Waals surface area contributed by atoms with E-state index in [1.165, 1.54) is 5.56 Å². The van der Waals surface area contributed by atoms with E-state index in [1.807, 2.05) is 61.5 Å². The van der Waals surface area contributed by atoms with Crippen LogP contribution < -0.4 is 5.30 Å². The fourth-order valence-electron chi connectivity index (χ4n) is 1.67. The first-order chi connectivity index (χ1) is 8.08. The van der Waals surface area contributed by atoms with E-state index in [0.29, 0.717) is 6.16 Å². The summed E-state index contributed by atoms with van der Waals surface area (Å²) < 4.78 is 12.4. The molecule has 0 spiro atoms. The van der Waals surface area contributed by atoms with Gasteiger partial charge in [0.25, 0.3) is 0 Å². The smallest absolute Gasteiger partial charge is 0.201 e. The molecule has 0 aliphatic heterocycles. The summed E-state index contributed by atoms with van der Waals surface area (Å²) >= 11 is 6.19. The van der Waals surface area contributed by atoms with Crippen LogP contribution in [0.1, 0.15) is 11.1 Å². The predicted molar refractivity (Wildman–Crippen MR) is 74.4 cm³/mol. The van der Waals surface area contributed by atoms with Gasteiger partial charge in [-0.15, -0.1) is 0 Å². The van der Waals surface area contributed by atoms with Gasteiger partial charge in [-0.1, -0.05) is 60.2 Å². The third kappa shape index (κ3) is 3.21. The highest BCUT2D eigenvalue weighted by Crippen LogP contribution is 2.52. The molecule has 0 fully saturated rings. The molecule has 0 amide bonds. The van der Waals surface area contributed by atoms with Gasteiger partial charge in [-0.3, -0.25) is 0 Å². The molecule has 2 rings (SSSR count). The molecule has 0 saturated carbocycles. The minimum absolute atomic E-state index is 0.402. The van der Waals surface area contributed by atoms with Crippen LogP contribution in [0.2, 0.25) is 0 Å². The Hall–Kier alpha value is -1.04. The SMILES string of the molecule is Cc1ccc(CP(=O)(Cl)c2ccccc2)cc1. The maximum atomic E-state index is 12.4. The molecule has 1 atom stereocenters. The molecule has 88 valence electrons. The van der Waals surface area contributed by atoms with E-state index in [4.69, 9.17) is 11.2 Å². The normalized spacial score (nSPS) is 14.2. The van der Waals surface area contributed by atoms with Crippen LogP contribution in [-0.4, -0.2) is 0 Å². The molecule has 1 nitrogen and oxygen atoms in total. The first kappa shape index (κ1) is 12.4. The second-order valence-electron chi connectivity index (χ2n) is 4.13. The minimum atomic E-state index is -2.81. The molecule has 0 bridgehead atoms. The van der Waals surface area contributed by atoms with Crippen molar-refractivity contribution in [2.75, 3.05) is 0 Å². The zero-order chi connectivity index (χ0) is 12.3. The van der Waals surface area contributed by atoms with Crippen LogP contribution in [0.5, 0.6) is 0 Å². The van der Waals surface area contributed by atoms with Gasteiger partial charge in [0.2, 0.25) is 6.49 Å². The lowest BCUT2D eigenvalue weighted by molar-refractivity contribution is 0.589. The number of aryl methyl sites for hydroxylation is 1. The van der Waals surface area contributed by atoms with Crippen LogP contribution in [0.3, 0.4) is 0 Å². The highest BCUT2D eigenvalue weighted by atomic mass is 35.7. The van der Waals surface area contributed by atoms with Crippen LogP contribution in [0, 0.1) is 6.92 Å². The van der Waals surface area contributed by atoms with Crippen LogP contribution in [0.25, 0.3) is 0 Å². The zero-order valence-corrected chi connectivity index (χ0v) is 11.3. The predicted octanol–water partition coefficient (Wildman–Crippen LogP) is 4.34. The molecule has 0 aliphatic rings. The van der Waals surface area contributed by atoms with Crippen molar-refractivity contribution >= 4 is 23.0 Å². The molecule has 0 aromatic heterocycles. The van der Waals surface area contributed by atoms with Crippen molar-refractivity contribution in [3.63, 3.8) is 0 Å².